The monoisotopic (exact) mass is 244 g/mol. The number of fused-ring (bicyclic) bond motifs is 1. The zero-order valence-electron chi connectivity index (χ0n) is 10.3. The second-order valence-corrected chi connectivity index (χ2v) is 4.38. The third-order valence-corrected chi connectivity index (χ3v) is 2.95. The fourth-order valence-electron chi connectivity index (χ4n) is 1.81. The van der Waals surface area contributed by atoms with Crippen LogP contribution < -0.4 is 10.6 Å². The van der Waals surface area contributed by atoms with E-state index < -0.39 is 0 Å². The molecule has 1 fully saturated rings. The summed E-state index contributed by atoms with van der Waals surface area (Å²) in [6.45, 7) is 0.674. The zero-order valence-corrected chi connectivity index (χ0v) is 10.3. The van der Waals surface area contributed by atoms with Gasteiger partial charge in [-0.1, -0.05) is 0 Å². The summed E-state index contributed by atoms with van der Waals surface area (Å²) in [5.74, 6) is 0.842. The fourth-order valence-corrected chi connectivity index (χ4v) is 1.81. The molecule has 1 aliphatic carbocycles. The highest BCUT2D eigenvalue weighted by atomic mass is 15.3. The summed E-state index contributed by atoms with van der Waals surface area (Å²) in [7, 11) is 1.79. The average Bonchev–Trinajstić information content (AvgIpc) is 3.08. The standard InChI is InChI=1S/C12H16N6/c1-13-12(17-9-2-3-9)15-8-10-4-6-14-11-5-7-16-18(10)11/h4-7,9H,2-3,8H2,1H3,(H2,13,15,17). The van der Waals surface area contributed by atoms with Crippen LogP contribution in [-0.4, -0.2) is 33.6 Å². The van der Waals surface area contributed by atoms with Crippen molar-refractivity contribution in [3.05, 3.63) is 30.2 Å². The van der Waals surface area contributed by atoms with Crippen molar-refractivity contribution in [2.45, 2.75) is 25.4 Å². The summed E-state index contributed by atoms with van der Waals surface area (Å²) < 4.78 is 1.83. The SMILES string of the molecule is CN=C(NCc1ccnc2ccnn12)NC1CC1. The molecule has 1 aliphatic rings. The van der Waals surface area contributed by atoms with Gasteiger partial charge in [-0.2, -0.15) is 5.10 Å². The van der Waals surface area contributed by atoms with Gasteiger partial charge >= 0.3 is 0 Å². The van der Waals surface area contributed by atoms with Gasteiger partial charge < -0.3 is 10.6 Å². The Morgan fingerprint density at radius 2 is 2.33 bits per heavy atom. The molecule has 2 aromatic rings. The first-order valence-electron chi connectivity index (χ1n) is 6.11. The number of rotatable bonds is 3. The summed E-state index contributed by atoms with van der Waals surface area (Å²) in [4.78, 5) is 8.43. The molecule has 94 valence electrons. The number of guanidine groups is 1. The quantitative estimate of drug-likeness (QED) is 0.611. The maximum Gasteiger partial charge on any atom is 0.191 e. The van der Waals surface area contributed by atoms with E-state index in [0.717, 1.165) is 17.3 Å². The highest BCUT2D eigenvalue weighted by Gasteiger charge is 2.22. The van der Waals surface area contributed by atoms with E-state index in [-0.39, 0.29) is 0 Å². The lowest BCUT2D eigenvalue weighted by atomic mass is 10.4. The molecule has 0 amide bonds. The van der Waals surface area contributed by atoms with Gasteiger partial charge in [-0.3, -0.25) is 4.99 Å². The third kappa shape index (κ3) is 2.27. The van der Waals surface area contributed by atoms with Crippen LogP contribution in [0.4, 0.5) is 0 Å². The Balaban J connectivity index is 1.70. The van der Waals surface area contributed by atoms with Crippen molar-refractivity contribution in [2.75, 3.05) is 7.05 Å². The summed E-state index contributed by atoms with van der Waals surface area (Å²) in [5, 5.41) is 10.9. The van der Waals surface area contributed by atoms with E-state index in [0.29, 0.717) is 12.6 Å². The Morgan fingerprint density at radius 3 is 3.11 bits per heavy atom. The molecule has 0 aliphatic heterocycles. The van der Waals surface area contributed by atoms with Gasteiger partial charge in [-0.25, -0.2) is 9.50 Å². The van der Waals surface area contributed by atoms with Gasteiger partial charge in [0.2, 0.25) is 0 Å². The zero-order chi connectivity index (χ0) is 12.4. The van der Waals surface area contributed by atoms with Gasteiger partial charge in [0, 0.05) is 25.4 Å². The minimum atomic E-state index is 0.596. The molecule has 0 unspecified atom stereocenters. The lowest BCUT2D eigenvalue weighted by molar-refractivity contribution is 0.754. The predicted octanol–water partition coefficient (Wildman–Crippen LogP) is 0.557. The minimum Gasteiger partial charge on any atom is -0.354 e. The number of hydrogen-bond donors (Lipinski definition) is 2. The normalized spacial score (nSPS) is 15.9. The number of nitrogens with one attached hydrogen (secondary N) is 2. The molecule has 0 radical (unpaired) electrons. The molecule has 6 nitrogen and oxygen atoms in total. The lowest BCUT2D eigenvalue weighted by Crippen LogP contribution is -2.38. The van der Waals surface area contributed by atoms with E-state index >= 15 is 0 Å². The van der Waals surface area contributed by atoms with Crippen molar-refractivity contribution < 1.29 is 0 Å². The van der Waals surface area contributed by atoms with Gasteiger partial charge in [-0.15, -0.1) is 0 Å². The molecule has 0 bridgehead atoms. The average molecular weight is 244 g/mol. The Morgan fingerprint density at radius 1 is 1.44 bits per heavy atom. The van der Waals surface area contributed by atoms with E-state index in [1.807, 2.05) is 16.6 Å². The lowest BCUT2D eigenvalue weighted by Gasteiger charge is -2.11. The molecule has 3 rings (SSSR count). The number of hydrogen-bond acceptors (Lipinski definition) is 3. The highest BCUT2D eigenvalue weighted by molar-refractivity contribution is 5.80. The second-order valence-electron chi connectivity index (χ2n) is 4.38. The molecule has 2 aromatic heterocycles. The molecular weight excluding hydrogens is 228 g/mol. The van der Waals surface area contributed by atoms with Crippen LogP contribution in [0.1, 0.15) is 18.5 Å². The van der Waals surface area contributed by atoms with Crippen LogP contribution >= 0.6 is 0 Å². The van der Waals surface area contributed by atoms with Gasteiger partial charge in [-0.05, 0) is 18.9 Å². The van der Waals surface area contributed by atoms with Crippen LogP contribution in [0.15, 0.2) is 29.5 Å². The number of aliphatic imine (C=N–C) groups is 1. The van der Waals surface area contributed by atoms with Crippen LogP contribution in [0.25, 0.3) is 5.65 Å². The molecule has 2 N–H and O–H groups in total. The van der Waals surface area contributed by atoms with Crippen LogP contribution in [0.3, 0.4) is 0 Å². The Kier molecular flexibility index (Phi) is 2.84. The molecule has 18 heavy (non-hydrogen) atoms. The molecule has 0 saturated heterocycles. The first kappa shape index (κ1) is 11.0. The van der Waals surface area contributed by atoms with Gasteiger partial charge in [0.15, 0.2) is 11.6 Å². The minimum absolute atomic E-state index is 0.596. The summed E-state index contributed by atoms with van der Waals surface area (Å²) >= 11 is 0. The largest absolute Gasteiger partial charge is 0.354 e. The highest BCUT2D eigenvalue weighted by Crippen LogP contribution is 2.18. The second kappa shape index (κ2) is 4.64. The molecular formula is C12H16N6. The van der Waals surface area contributed by atoms with Crippen LogP contribution in [-0.2, 0) is 6.54 Å². The van der Waals surface area contributed by atoms with Crippen molar-refractivity contribution in [3.63, 3.8) is 0 Å². The van der Waals surface area contributed by atoms with Crippen molar-refractivity contribution in [1.29, 1.82) is 0 Å². The summed E-state index contributed by atoms with van der Waals surface area (Å²) in [6.07, 6.45) is 6.02. The first-order chi connectivity index (χ1) is 8.86. The van der Waals surface area contributed by atoms with Gasteiger partial charge in [0.25, 0.3) is 0 Å². The molecule has 0 atom stereocenters. The van der Waals surface area contributed by atoms with Gasteiger partial charge in [0.1, 0.15) is 0 Å². The Labute approximate surface area is 105 Å². The van der Waals surface area contributed by atoms with E-state index in [2.05, 4.69) is 25.7 Å². The fraction of sp³-hybridized carbons (Fsp3) is 0.417. The van der Waals surface area contributed by atoms with E-state index in [4.69, 9.17) is 0 Å². The summed E-state index contributed by atoms with van der Waals surface area (Å²) in [5.41, 5.74) is 1.92. The van der Waals surface area contributed by atoms with Crippen molar-refractivity contribution in [1.82, 2.24) is 25.2 Å². The van der Waals surface area contributed by atoms with Crippen LogP contribution in [0.5, 0.6) is 0 Å². The van der Waals surface area contributed by atoms with E-state index in [9.17, 15) is 0 Å². The number of nitrogens with zero attached hydrogens (tertiary/aromatic N) is 4. The molecule has 6 heteroatoms. The Bertz CT molecular complexity index is 569. The molecule has 0 spiro atoms. The van der Waals surface area contributed by atoms with Crippen molar-refractivity contribution in [3.8, 4) is 0 Å². The van der Waals surface area contributed by atoms with Gasteiger partial charge in [0.05, 0.1) is 18.4 Å². The smallest absolute Gasteiger partial charge is 0.191 e. The maximum atomic E-state index is 4.25. The van der Waals surface area contributed by atoms with E-state index in [1.54, 1.807) is 19.4 Å². The number of aromatic nitrogens is 3. The predicted molar refractivity (Wildman–Crippen MR) is 69.3 cm³/mol. The topological polar surface area (TPSA) is 66.6 Å². The molecule has 0 aromatic carbocycles. The summed E-state index contributed by atoms with van der Waals surface area (Å²) in [6, 6.07) is 4.44. The maximum absolute atomic E-state index is 4.25. The van der Waals surface area contributed by atoms with E-state index in [1.165, 1.54) is 12.8 Å². The first-order valence-corrected chi connectivity index (χ1v) is 6.11. The van der Waals surface area contributed by atoms with Crippen molar-refractivity contribution >= 4 is 11.6 Å². The van der Waals surface area contributed by atoms with Crippen LogP contribution in [0, 0.1) is 0 Å². The molecule has 2 heterocycles. The van der Waals surface area contributed by atoms with Crippen molar-refractivity contribution in [2.24, 2.45) is 4.99 Å². The molecule has 1 saturated carbocycles. The third-order valence-electron chi connectivity index (χ3n) is 2.95. The van der Waals surface area contributed by atoms with Crippen LogP contribution in [0.2, 0.25) is 0 Å². The Hall–Kier alpha value is -2.11.